The van der Waals surface area contributed by atoms with Crippen LogP contribution in [0.4, 0.5) is 0 Å². The number of ether oxygens (including phenoxy) is 4. The van der Waals surface area contributed by atoms with Crippen LogP contribution in [0.1, 0.15) is 12.0 Å². The van der Waals surface area contributed by atoms with Crippen LogP contribution in [-0.2, 0) is 11.3 Å². The number of benzene rings is 1. The van der Waals surface area contributed by atoms with Gasteiger partial charge in [0.25, 0.3) is 0 Å². The van der Waals surface area contributed by atoms with Crippen LogP contribution in [-0.4, -0.2) is 34.5 Å². The molecule has 0 amide bonds. The van der Waals surface area contributed by atoms with Crippen molar-refractivity contribution in [1.82, 2.24) is 5.32 Å². The van der Waals surface area contributed by atoms with Crippen LogP contribution in [0.25, 0.3) is 0 Å². The zero-order chi connectivity index (χ0) is 14.8. The van der Waals surface area contributed by atoms with Gasteiger partial charge in [-0.15, -0.1) is 0 Å². The number of hydrogen-bond donors (Lipinski definition) is 1. The lowest BCUT2D eigenvalue weighted by Gasteiger charge is -2.16. The van der Waals surface area contributed by atoms with Gasteiger partial charge in [0.2, 0.25) is 5.75 Å². The van der Waals surface area contributed by atoms with Gasteiger partial charge in [-0.3, -0.25) is 0 Å². The van der Waals surface area contributed by atoms with Crippen molar-refractivity contribution in [2.75, 3.05) is 34.5 Å². The van der Waals surface area contributed by atoms with Crippen molar-refractivity contribution in [3.8, 4) is 17.2 Å². The Morgan fingerprint density at radius 3 is 2.45 bits per heavy atom. The molecule has 0 saturated carbocycles. The monoisotopic (exact) mass is 281 g/mol. The summed E-state index contributed by atoms with van der Waals surface area (Å²) < 4.78 is 21.1. The lowest BCUT2D eigenvalue weighted by Crippen LogP contribution is -2.16. The van der Waals surface area contributed by atoms with Crippen molar-refractivity contribution in [2.24, 2.45) is 0 Å². The third-order valence-corrected chi connectivity index (χ3v) is 2.83. The molecule has 0 saturated heterocycles. The van der Waals surface area contributed by atoms with Crippen LogP contribution >= 0.6 is 0 Å². The topological polar surface area (TPSA) is 49.0 Å². The summed E-state index contributed by atoms with van der Waals surface area (Å²) in [4.78, 5) is 0. The number of nitrogens with one attached hydrogen (secondary N) is 1. The van der Waals surface area contributed by atoms with Crippen LogP contribution in [0.5, 0.6) is 17.2 Å². The highest BCUT2D eigenvalue weighted by Gasteiger charge is 2.15. The maximum absolute atomic E-state index is 5.42. The Morgan fingerprint density at radius 2 is 1.85 bits per heavy atom. The molecule has 112 valence electrons. The van der Waals surface area contributed by atoms with E-state index in [9.17, 15) is 0 Å². The highest BCUT2D eigenvalue weighted by Crippen LogP contribution is 2.39. The van der Waals surface area contributed by atoms with Gasteiger partial charge in [-0.05, 0) is 19.0 Å². The Morgan fingerprint density at radius 1 is 1.10 bits per heavy atom. The van der Waals surface area contributed by atoms with E-state index in [0.29, 0.717) is 30.4 Å². The largest absolute Gasteiger partial charge is 0.502 e. The summed E-state index contributed by atoms with van der Waals surface area (Å²) in [7, 11) is 4.83. The SMILES string of the molecule is C=COCCCNCc1ccc(OC)c(OC)c1OC. The summed E-state index contributed by atoms with van der Waals surface area (Å²) in [5, 5.41) is 3.33. The van der Waals surface area contributed by atoms with E-state index in [-0.39, 0.29) is 0 Å². The fraction of sp³-hybridized carbons (Fsp3) is 0.467. The molecular weight excluding hydrogens is 258 g/mol. The first-order chi connectivity index (χ1) is 9.78. The van der Waals surface area contributed by atoms with Crippen molar-refractivity contribution in [3.05, 3.63) is 30.5 Å². The molecule has 5 heteroatoms. The lowest BCUT2D eigenvalue weighted by molar-refractivity contribution is 0.244. The third kappa shape index (κ3) is 4.35. The molecule has 0 fully saturated rings. The minimum absolute atomic E-state index is 0.615. The molecule has 0 heterocycles. The van der Waals surface area contributed by atoms with Crippen LogP contribution in [0.3, 0.4) is 0 Å². The van der Waals surface area contributed by atoms with Crippen molar-refractivity contribution in [3.63, 3.8) is 0 Å². The van der Waals surface area contributed by atoms with Crippen molar-refractivity contribution in [1.29, 1.82) is 0 Å². The van der Waals surface area contributed by atoms with Gasteiger partial charge >= 0.3 is 0 Å². The second kappa shape index (κ2) is 9.09. The minimum atomic E-state index is 0.615. The minimum Gasteiger partial charge on any atom is -0.502 e. The maximum atomic E-state index is 5.42. The van der Waals surface area contributed by atoms with Crippen LogP contribution in [0.15, 0.2) is 25.0 Å². The second-order valence-corrected chi connectivity index (χ2v) is 4.06. The summed E-state index contributed by atoms with van der Waals surface area (Å²) in [6.45, 7) is 5.71. The number of rotatable bonds is 10. The van der Waals surface area contributed by atoms with Gasteiger partial charge in [0.1, 0.15) is 0 Å². The van der Waals surface area contributed by atoms with E-state index in [4.69, 9.17) is 18.9 Å². The van der Waals surface area contributed by atoms with Crippen molar-refractivity contribution < 1.29 is 18.9 Å². The third-order valence-electron chi connectivity index (χ3n) is 2.83. The first kappa shape index (κ1) is 16.2. The maximum Gasteiger partial charge on any atom is 0.203 e. The molecular formula is C15H23NO4. The molecule has 20 heavy (non-hydrogen) atoms. The first-order valence-electron chi connectivity index (χ1n) is 6.49. The van der Waals surface area contributed by atoms with Gasteiger partial charge in [0.05, 0.1) is 34.2 Å². The summed E-state index contributed by atoms with van der Waals surface area (Å²) in [6.07, 6.45) is 2.37. The van der Waals surface area contributed by atoms with Gasteiger partial charge in [0, 0.05) is 12.1 Å². The molecule has 0 atom stereocenters. The molecule has 1 aromatic carbocycles. The van der Waals surface area contributed by atoms with E-state index >= 15 is 0 Å². The van der Waals surface area contributed by atoms with Crippen LogP contribution < -0.4 is 19.5 Å². The van der Waals surface area contributed by atoms with Crippen LogP contribution in [0, 0.1) is 0 Å². The molecule has 1 aromatic rings. The Kier molecular flexibility index (Phi) is 7.35. The second-order valence-electron chi connectivity index (χ2n) is 4.06. The fourth-order valence-corrected chi connectivity index (χ4v) is 1.89. The highest BCUT2D eigenvalue weighted by atomic mass is 16.5. The average Bonchev–Trinajstić information content (AvgIpc) is 2.49. The smallest absolute Gasteiger partial charge is 0.203 e. The van der Waals surface area contributed by atoms with Crippen LogP contribution in [0.2, 0.25) is 0 Å². The molecule has 0 aliphatic heterocycles. The fourth-order valence-electron chi connectivity index (χ4n) is 1.89. The Hall–Kier alpha value is -1.88. The highest BCUT2D eigenvalue weighted by molar-refractivity contribution is 5.55. The summed E-state index contributed by atoms with van der Waals surface area (Å²) in [5.74, 6) is 1.97. The molecule has 0 bridgehead atoms. The van der Waals surface area contributed by atoms with E-state index in [1.807, 2.05) is 12.1 Å². The Labute approximate surface area is 120 Å². The molecule has 1 rings (SSSR count). The molecule has 1 N–H and O–H groups in total. The van der Waals surface area contributed by atoms with E-state index < -0.39 is 0 Å². The van der Waals surface area contributed by atoms with E-state index in [1.54, 1.807) is 21.3 Å². The molecule has 0 unspecified atom stereocenters. The Balaban J connectivity index is 2.63. The van der Waals surface area contributed by atoms with Crippen molar-refractivity contribution >= 4 is 0 Å². The predicted octanol–water partition coefficient (Wildman–Crippen LogP) is 2.35. The summed E-state index contributed by atoms with van der Waals surface area (Å²) in [5.41, 5.74) is 1.02. The van der Waals surface area contributed by atoms with Gasteiger partial charge in [-0.2, -0.15) is 0 Å². The molecule has 5 nitrogen and oxygen atoms in total. The number of hydrogen-bond acceptors (Lipinski definition) is 5. The Bertz CT molecular complexity index is 421. The zero-order valence-corrected chi connectivity index (χ0v) is 12.4. The zero-order valence-electron chi connectivity index (χ0n) is 12.4. The van der Waals surface area contributed by atoms with Gasteiger partial charge in [-0.25, -0.2) is 0 Å². The average molecular weight is 281 g/mol. The van der Waals surface area contributed by atoms with E-state index in [0.717, 1.165) is 18.5 Å². The quantitative estimate of drug-likeness (QED) is 0.527. The standard InChI is InChI=1S/C15H23NO4/c1-5-20-10-6-9-16-11-12-7-8-13(17-2)15(19-4)14(12)18-3/h5,7-8,16H,1,6,9-11H2,2-4H3. The predicted molar refractivity (Wildman–Crippen MR) is 78.6 cm³/mol. The molecule has 0 aliphatic rings. The molecule has 0 aliphatic carbocycles. The van der Waals surface area contributed by atoms with Crippen molar-refractivity contribution in [2.45, 2.75) is 13.0 Å². The van der Waals surface area contributed by atoms with Gasteiger partial charge in [-0.1, -0.05) is 12.6 Å². The number of methoxy groups -OCH3 is 3. The summed E-state index contributed by atoms with van der Waals surface area (Å²) >= 11 is 0. The molecule has 0 spiro atoms. The first-order valence-corrected chi connectivity index (χ1v) is 6.49. The lowest BCUT2D eigenvalue weighted by atomic mass is 10.1. The molecule has 0 radical (unpaired) electrons. The van der Waals surface area contributed by atoms with E-state index in [1.165, 1.54) is 6.26 Å². The normalized spacial score (nSPS) is 9.95. The van der Waals surface area contributed by atoms with E-state index in [2.05, 4.69) is 11.9 Å². The van der Waals surface area contributed by atoms with Gasteiger partial charge in [0.15, 0.2) is 11.5 Å². The molecule has 0 aromatic heterocycles. The van der Waals surface area contributed by atoms with Gasteiger partial charge < -0.3 is 24.3 Å². The summed E-state index contributed by atoms with van der Waals surface area (Å²) in [6, 6.07) is 3.84.